The molecule has 0 spiro atoms. The molecule has 0 amide bonds. The molecule has 0 fully saturated rings. The summed E-state index contributed by atoms with van der Waals surface area (Å²) in [5.74, 6) is -3.45. The van der Waals surface area contributed by atoms with E-state index in [1.807, 2.05) is 0 Å². The lowest BCUT2D eigenvalue weighted by Crippen LogP contribution is -2.23. The lowest BCUT2D eigenvalue weighted by atomic mass is 10.0. The summed E-state index contributed by atoms with van der Waals surface area (Å²) in [6.45, 7) is 0.314. The minimum Gasteiger partial charge on any atom is -0.478 e. The van der Waals surface area contributed by atoms with Gasteiger partial charge < -0.3 is 20.2 Å². The molecule has 142 valence electrons. The molecule has 0 bridgehead atoms. The largest absolute Gasteiger partial charge is 0.478 e. The second-order valence-corrected chi connectivity index (χ2v) is 6.04. The van der Waals surface area contributed by atoms with Crippen LogP contribution in [0.1, 0.15) is 26.4 Å². The molecule has 3 N–H and O–H groups in total. The molecule has 9 nitrogen and oxygen atoms in total. The fraction of sp³-hybridized carbons (Fsp3) is 0.105. The van der Waals surface area contributed by atoms with Crippen molar-refractivity contribution in [3.63, 3.8) is 0 Å². The molecule has 0 aromatic carbocycles. The molecule has 0 aliphatic carbocycles. The fourth-order valence-corrected chi connectivity index (χ4v) is 2.69. The lowest BCUT2D eigenvalue weighted by Gasteiger charge is -2.25. The van der Waals surface area contributed by atoms with Gasteiger partial charge in [-0.3, -0.25) is 4.98 Å². The average Bonchev–Trinajstić information content (AvgIpc) is 2.67. The Morgan fingerprint density at radius 1 is 0.929 bits per heavy atom. The number of hydrogen-bond acceptors (Lipinski definition) is 6. The number of carbonyl (C=O) groups is 3. The number of aromatic carboxylic acids is 2. The normalized spacial score (nSPS) is 13.5. The maximum Gasteiger partial charge on any atom is 0.335 e. The van der Waals surface area contributed by atoms with Gasteiger partial charge in [0.25, 0.3) is 0 Å². The van der Waals surface area contributed by atoms with Gasteiger partial charge in [-0.2, -0.15) is 0 Å². The summed E-state index contributed by atoms with van der Waals surface area (Å²) in [7, 11) is 1.72. The predicted molar refractivity (Wildman–Crippen MR) is 97.7 cm³/mol. The zero-order chi connectivity index (χ0) is 20.4. The van der Waals surface area contributed by atoms with E-state index in [-0.39, 0.29) is 33.8 Å². The topological polar surface area (TPSA) is 141 Å². The number of carboxylic acids is 3. The minimum absolute atomic E-state index is 0.0147. The molecule has 0 radical (unpaired) electrons. The first-order valence-electron chi connectivity index (χ1n) is 8.08. The average molecular weight is 381 g/mol. The van der Waals surface area contributed by atoms with E-state index in [1.165, 1.54) is 42.6 Å². The highest BCUT2D eigenvalue weighted by atomic mass is 16.4. The van der Waals surface area contributed by atoms with Crippen LogP contribution < -0.4 is 0 Å². The number of carboxylic acid groups (broad SMARTS) is 3. The number of rotatable bonds is 5. The van der Waals surface area contributed by atoms with Crippen molar-refractivity contribution in [1.29, 1.82) is 0 Å². The lowest BCUT2D eigenvalue weighted by molar-refractivity contribution is -0.132. The van der Waals surface area contributed by atoms with Crippen LogP contribution in [0.3, 0.4) is 0 Å². The van der Waals surface area contributed by atoms with Crippen molar-refractivity contribution in [2.24, 2.45) is 0 Å². The van der Waals surface area contributed by atoms with E-state index in [0.29, 0.717) is 12.2 Å². The van der Waals surface area contributed by atoms with Crippen molar-refractivity contribution < 1.29 is 29.7 Å². The number of hydrogen-bond donors (Lipinski definition) is 3. The van der Waals surface area contributed by atoms with Gasteiger partial charge in [-0.15, -0.1) is 0 Å². The van der Waals surface area contributed by atoms with Crippen molar-refractivity contribution in [1.82, 2.24) is 14.9 Å². The molecular formula is C19H15N3O6. The Morgan fingerprint density at radius 2 is 1.57 bits per heavy atom. The van der Waals surface area contributed by atoms with Gasteiger partial charge in [0, 0.05) is 19.8 Å². The first kappa shape index (κ1) is 18.8. The van der Waals surface area contributed by atoms with Gasteiger partial charge in [0.15, 0.2) is 0 Å². The maximum absolute atomic E-state index is 11.6. The highest BCUT2D eigenvalue weighted by Crippen LogP contribution is 2.26. The van der Waals surface area contributed by atoms with E-state index in [9.17, 15) is 24.6 Å². The first-order valence-corrected chi connectivity index (χ1v) is 8.08. The number of aliphatic carboxylic acids is 1. The maximum atomic E-state index is 11.6. The molecule has 9 heteroatoms. The molecular weight excluding hydrogens is 366 g/mol. The monoisotopic (exact) mass is 381 g/mol. The molecule has 1 aliphatic rings. The van der Waals surface area contributed by atoms with E-state index in [2.05, 4.69) is 9.97 Å². The van der Waals surface area contributed by atoms with Crippen LogP contribution in [0.15, 0.2) is 48.2 Å². The summed E-state index contributed by atoms with van der Waals surface area (Å²) < 4.78 is 0. The standard InChI is InChI=1S/C19H15N3O6/c1-22-5-3-11(18(25)26)9-16(22)15-8-12(19(27)28)7-14(21-15)13-6-10(17(23)24)2-4-20-13/h2-4,6-9H,5H2,1H3,(H,23,24)(H,25,26)(H,27,28). The van der Waals surface area contributed by atoms with Crippen molar-refractivity contribution in [3.8, 4) is 11.4 Å². The zero-order valence-electron chi connectivity index (χ0n) is 14.7. The van der Waals surface area contributed by atoms with Crippen molar-refractivity contribution in [2.45, 2.75) is 0 Å². The van der Waals surface area contributed by atoms with E-state index < -0.39 is 17.9 Å². The fourth-order valence-electron chi connectivity index (χ4n) is 2.69. The Morgan fingerprint density at radius 3 is 2.21 bits per heavy atom. The molecule has 0 atom stereocenters. The van der Waals surface area contributed by atoms with E-state index >= 15 is 0 Å². The quantitative estimate of drug-likeness (QED) is 0.707. The first-order chi connectivity index (χ1) is 13.3. The summed E-state index contributed by atoms with van der Waals surface area (Å²) >= 11 is 0. The third-order valence-electron chi connectivity index (χ3n) is 4.14. The molecule has 0 saturated carbocycles. The summed E-state index contributed by atoms with van der Waals surface area (Å²) in [6.07, 6.45) is 4.24. The van der Waals surface area contributed by atoms with Crippen LogP contribution >= 0.6 is 0 Å². The van der Waals surface area contributed by atoms with Crippen LogP contribution in [0.4, 0.5) is 0 Å². The Kier molecular flexibility index (Phi) is 4.90. The molecule has 28 heavy (non-hydrogen) atoms. The Balaban J connectivity index is 2.17. The Bertz CT molecular complexity index is 1060. The Labute approximate surface area is 158 Å². The minimum atomic E-state index is -1.20. The third-order valence-corrected chi connectivity index (χ3v) is 4.14. The van der Waals surface area contributed by atoms with Crippen molar-refractivity contribution in [2.75, 3.05) is 13.6 Å². The summed E-state index contributed by atoms with van der Waals surface area (Å²) in [6, 6.07) is 5.23. The molecule has 3 heterocycles. The van der Waals surface area contributed by atoms with Gasteiger partial charge >= 0.3 is 17.9 Å². The van der Waals surface area contributed by atoms with E-state index in [0.717, 1.165) is 0 Å². The van der Waals surface area contributed by atoms with Crippen LogP contribution in [-0.4, -0.2) is 61.7 Å². The van der Waals surface area contributed by atoms with Crippen LogP contribution in [-0.2, 0) is 4.79 Å². The Hall–Kier alpha value is -4.01. The van der Waals surface area contributed by atoms with Crippen LogP contribution in [0.2, 0.25) is 0 Å². The molecule has 3 rings (SSSR count). The molecule has 2 aromatic heterocycles. The predicted octanol–water partition coefficient (Wildman–Crippen LogP) is 1.84. The van der Waals surface area contributed by atoms with Gasteiger partial charge in [-0.25, -0.2) is 19.4 Å². The number of likely N-dealkylation sites (N-methyl/N-ethyl adjacent to an activating group) is 1. The second kappa shape index (κ2) is 7.31. The summed E-state index contributed by atoms with van der Waals surface area (Å²) in [5, 5.41) is 27.8. The molecule has 2 aromatic rings. The van der Waals surface area contributed by atoms with Crippen LogP contribution in [0.5, 0.6) is 0 Å². The zero-order valence-corrected chi connectivity index (χ0v) is 14.7. The summed E-state index contributed by atoms with van der Waals surface area (Å²) in [4.78, 5) is 44.3. The van der Waals surface area contributed by atoms with Gasteiger partial charge in [0.2, 0.25) is 0 Å². The SMILES string of the molecule is CN1CC=C(C(=O)O)C=C1c1cc(C(=O)O)cc(-c2cc(C(=O)O)ccn2)n1. The van der Waals surface area contributed by atoms with Crippen molar-refractivity contribution in [3.05, 3.63) is 65.0 Å². The molecule has 0 unspecified atom stereocenters. The van der Waals surface area contributed by atoms with Crippen LogP contribution in [0, 0.1) is 0 Å². The smallest absolute Gasteiger partial charge is 0.335 e. The summed E-state index contributed by atoms with van der Waals surface area (Å²) in [5.41, 5.74) is 1.01. The number of nitrogens with zero attached hydrogens (tertiary/aromatic N) is 3. The molecule has 0 saturated heterocycles. The van der Waals surface area contributed by atoms with Crippen LogP contribution in [0.25, 0.3) is 17.1 Å². The van der Waals surface area contributed by atoms with Gasteiger partial charge in [0.05, 0.1) is 39.5 Å². The number of aromatic nitrogens is 2. The van der Waals surface area contributed by atoms with E-state index in [1.54, 1.807) is 11.9 Å². The number of pyridine rings is 2. The highest BCUT2D eigenvalue weighted by Gasteiger charge is 2.20. The highest BCUT2D eigenvalue weighted by molar-refractivity contribution is 5.94. The van der Waals surface area contributed by atoms with E-state index in [4.69, 9.17) is 5.11 Å². The molecule has 1 aliphatic heterocycles. The second-order valence-electron chi connectivity index (χ2n) is 6.04. The van der Waals surface area contributed by atoms with Gasteiger partial charge in [0.1, 0.15) is 0 Å². The van der Waals surface area contributed by atoms with Gasteiger partial charge in [-0.05, 0) is 30.3 Å². The van der Waals surface area contributed by atoms with Gasteiger partial charge in [-0.1, -0.05) is 6.08 Å². The van der Waals surface area contributed by atoms with Crippen molar-refractivity contribution >= 4 is 23.6 Å². The third kappa shape index (κ3) is 3.73.